The number of nitrogen functional groups attached to an aromatic ring is 1. The summed E-state index contributed by atoms with van der Waals surface area (Å²) in [4.78, 5) is 13.6. The van der Waals surface area contributed by atoms with E-state index in [1.807, 2.05) is 12.1 Å². The fraction of sp³-hybridized carbons (Fsp3) is 0.429. The molecule has 1 saturated heterocycles. The molecule has 2 heterocycles. The average molecular weight is 273 g/mol. The van der Waals surface area contributed by atoms with Crippen LogP contribution in [-0.4, -0.2) is 28.7 Å². The van der Waals surface area contributed by atoms with Crippen LogP contribution in [0.5, 0.6) is 0 Å². The number of nitrogens with two attached hydrogens (primary N) is 2. The van der Waals surface area contributed by atoms with Crippen LogP contribution in [0.4, 0.5) is 11.4 Å². The van der Waals surface area contributed by atoms with E-state index in [1.54, 1.807) is 6.20 Å². The van der Waals surface area contributed by atoms with Gasteiger partial charge in [0.05, 0.1) is 29.0 Å². The first-order valence-electron chi connectivity index (χ1n) is 6.85. The number of fused-ring (bicyclic) bond motifs is 1. The van der Waals surface area contributed by atoms with Gasteiger partial charge in [0.15, 0.2) is 0 Å². The summed E-state index contributed by atoms with van der Waals surface area (Å²) >= 11 is 0. The van der Waals surface area contributed by atoms with E-state index in [4.69, 9.17) is 11.5 Å². The number of aromatic amines is 1. The lowest BCUT2D eigenvalue weighted by Gasteiger charge is -2.39. The van der Waals surface area contributed by atoms with Crippen molar-refractivity contribution in [3.63, 3.8) is 0 Å². The second-order valence-corrected chi connectivity index (χ2v) is 5.55. The number of anilines is 2. The third-order valence-electron chi connectivity index (χ3n) is 4.18. The highest BCUT2D eigenvalue weighted by Crippen LogP contribution is 2.34. The number of nitrogens with zero attached hydrogens (tertiary/aromatic N) is 2. The zero-order valence-electron chi connectivity index (χ0n) is 11.5. The minimum atomic E-state index is -0.233. The Kier molecular flexibility index (Phi) is 3.00. The Hall–Kier alpha value is -2.24. The molecule has 6 nitrogen and oxygen atoms in total. The monoisotopic (exact) mass is 273 g/mol. The molecule has 2 atom stereocenters. The smallest absolute Gasteiger partial charge is 0.222 e. The Morgan fingerprint density at radius 3 is 3.00 bits per heavy atom. The lowest BCUT2D eigenvalue weighted by Crippen LogP contribution is -2.46. The molecule has 5 N–H and O–H groups in total. The number of aromatic nitrogens is 2. The highest BCUT2D eigenvalue weighted by Gasteiger charge is 2.29. The molecule has 1 aliphatic rings. The molecule has 0 spiro atoms. The van der Waals surface area contributed by atoms with E-state index in [0.717, 1.165) is 29.4 Å². The zero-order valence-corrected chi connectivity index (χ0v) is 11.5. The van der Waals surface area contributed by atoms with Crippen molar-refractivity contribution >= 4 is 28.2 Å². The number of H-pyrrole nitrogens is 1. The number of hydrogen-bond donors (Lipinski definition) is 3. The number of amides is 1. The lowest BCUT2D eigenvalue weighted by atomic mass is 9.92. The molecule has 3 rings (SSSR count). The molecule has 2 aromatic rings. The minimum absolute atomic E-state index is 0.108. The van der Waals surface area contributed by atoms with E-state index in [-0.39, 0.29) is 11.8 Å². The van der Waals surface area contributed by atoms with Crippen molar-refractivity contribution in [1.82, 2.24) is 10.2 Å². The van der Waals surface area contributed by atoms with Crippen LogP contribution in [0.15, 0.2) is 18.3 Å². The largest absolute Gasteiger partial charge is 0.397 e. The van der Waals surface area contributed by atoms with Gasteiger partial charge >= 0.3 is 0 Å². The second-order valence-electron chi connectivity index (χ2n) is 5.55. The summed E-state index contributed by atoms with van der Waals surface area (Å²) in [5.74, 6) is -0.342. The van der Waals surface area contributed by atoms with Gasteiger partial charge in [-0.3, -0.25) is 9.89 Å². The van der Waals surface area contributed by atoms with Crippen molar-refractivity contribution in [3.8, 4) is 0 Å². The molecule has 1 aliphatic heterocycles. The molecule has 20 heavy (non-hydrogen) atoms. The van der Waals surface area contributed by atoms with Crippen LogP contribution in [0, 0.1) is 5.92 Å². The van der Waals surface area contributed by atoms with E-state index >= 15 is 0 Å². The maximum Gasteiger partial charge on any atom is 0.222 e. The van der Waals surface area contributed by atoms with Crippen molar-refractivity contribution in [2.75, 3.05) is 17.2 Å². The van der Waals surface area contributed by atoms with Gasteiger partial charge in [-0.25, -0.2) is 0 Å². The summed E-state index contributed by atoms with van der Waals surface area (Å²) in [6.45, 7) is 2.77. The van der Waals surface area contributed by atoms with Crippen LogP contribution in [0.2, 0.25) is 0 Å². The van der Waals surface area contributed by atoms with Gasteiger partial charge in [-0.05, 0) is 31.9 Å². The van der Waals surface area contributed by atoms with E-state index in [9.17, 15) is 4.79 Å². The Morgan fingerprint density at radius 1 is 1.45 bits per heavy atom. The average Bonchev–Trinajstić information content (AvgIpc) is 2.85. The highest BCUT2D eigenvalue weighted by molar-refractivity contribution is 5.89. The van der Waals surface area contributed by atoms with Gasteiger partial charge in [-0.1, -0.05) is 0 Å². The maximum atomic E-state index is 11.4. The van der Waals surface area contributed by atoms with Crippen LogP contribution in [-0.2, 0) is 4.79 Å². The standard InChI is InChI=1S/C14H19N5O/c1-8-2-3-9(14(16)20)7-19(8)13-5-12-10(4-11(13)15)6-17-18-12/h4-6,8-9H,2-3,7,15H2,1H3,(H2,16,20)(H,17,18). The summed E-state index contributed by atoms with van der Waals surface area (Å²) in [6.07, 6.45) is 3.54. The van der Waals surface area contributed by atoms with E-state index < -0.39 is 0 Å². The molecule has 1 amide bonds. The first-order valence-corrected chi connectivity index (χ1v) is 6.85. The van der Waals surface area contributed by atoms with Gasteiger partial charge in [0.2, 0.25) is 5.91 Å². The molecule has 1 aromatic heterocycles. The summed E-state index contributed by atoms with van der Waals surface area (Å²) in [5, 5.41) is 7.96. The zero-order chi connectivity index (χ0) is 14.3. The third kappa shape index (κ3) is 2.07. The fourth-order valence-electron chi connectivity index (χ4n) is 2.92. The number of benzene rings is 1. The Morgan fingerprint density at radius 2 is 2.25 bits per heavy atom. The predicted molar refractivity (Wildman–Crippen MR) is 79.2 cm³/mol. The number of rotatable bonds is 2. The molecule has 6 heteroatoms. The first kappa shape index (κ1) is 12.8. The highest BCUT2D eigenvalue weighted by atomic mass is 16.1. The summed E-state index contributed by atoms with van der Waals surface area (Å²) < 4.78 is 0. The summed E-state index contributed by atoms with van der Waals surface area (Å²) in [7, 11) is 0. The first-order chi connectivity index (χ1) is 9.56. The van der Waals surface area contributed by atoms with Gasteiger partial charge in [0.25, 0.3) is 0 Å². The number of carbonyl (C=O) groups is 1. The van der Waals surface area contributed by atoms with E-state index in [1.165, 1.54) is 0 Å². The lowest BCUT2D eigenvalue weighted by molar-refractivity contribution is -0.122. The molecule has 0 saturated carbocycles. The normalized spacial score (nSPS) is 23.1. The Labute approximate surface area is 117 Å². The van der Waals surface area contributed by atoms with Gasteiger partial charge in [-0.15, -0.1) is 0 Å². The molecule has 0 bridgehead atoms. The Balaban J connectivity index is 1.99. The van der Waals surface area contributed by atoms with E-state index in [2.05, 4.69) is 22.0 Å². The minimum Gasteiger partial charge on any atom is -0.397 e. The number of carbonyl (C=O) groups excluding carboxylic acids is 1. The topological polar surface area (TPSA) is 101 Å². The van der Waals surface area contributed by atoms with Crippen LogP contribution >= 0.6 is 0 Å². The second kappa shape index (κ2) is 4.70. The molecule has 1 aromatic carbocycles. The Bertz CT molecular complexity index is 650. The molecule has 2 unspecified atom stereocenters. The van der Waals surface area contributed by atoms with Gasteiger partial charge in [0, 0.05) is 18.0 Å². The van der Waals surface area contributed by atoms with Crippen molar-refractivity contribution in [3.05, 3.63) is 18.3 Å². The molecule has 1 fully saturated rings. The van der Waals surface area contributed by atoms with Crippen LogP contribution in [0.3, 0.4) is 0 Å². The van der Waals surface area contributed by atoms with Crippen molar-refractivity contribution in [2.45, 2.75) is 25.8 Å². The molecule has 106 valence electrons. The maximum absolute atomic E-state index is 11.4. The van der Waals surface area contributed by atoms with Gasteiger partial charge in [-0.2, -0.15) is 5.10 Å². The van der Waals surface area contributed by atoms with Crippen molar-refractivity contribution in [1.29, 1.82) is 0 Å². The van der Waals surface area contributed by atoms with E-state index in [0.29, 0.717) is 18.3 Å². The number of hydrogen-bond acceptors (Lipinski definition) is 4. The summed E-state index contributed by atoms with van der Waals surface area (Å²) in [5.41, 5.74) is 14.2. The van der Waals surface area contributed by atoms with Gasteiger partial charge in [0.1, 0.15) is 0 Å². The molecule has 0 radical (unpaired) electrons. The van der Waals surface area contributed by atoms with Gasteiger partial charge < -0.3 is 16.4 Å². The summed E-state index contributed by atoms with van der Waals surface area (Å²) in [6, 6.07) is 4.25. The van der Waals surface area contributed by atoms with Crippen molar-refractivity contribution < 1.29 is 4.79 Å². The fourth-order valence-corrected chi connectivity index (χ4v) is 2.92. The predicted octanol–water partition coefficient (Wildman–Crippen LogP) is 1.24. The number of primary amides is 1. The SMILES string of the molecule is CC1CCC(C(N)=O)CN1c1cc2[nH]ncc2cc1N. The quantitative estimate of drug-likeness (QED) is 0.716. The van der Waals surface area contributed by atoms with Crippen molar-refractivity contribution in [2.24, 2.45) is 11.7 Å². The van der Waals surface area contributed by atoms with Crippen LogP contribution in [0.1, 0.15) is 19.8 Å². The number of piperidine rings is 1. The third-order valence-corrected chi connectivity index (χ3v) is 4.18. The van der Waals surface area contributed by atoms with Crippen LogP contribution in [0.25, 0.3) is 10.9 Å². The number of nitrogens with one attached hydrogen (secondary N) is 1. The molecular formula is C14H19N5O. The molecular weight excluding hydrogens is 254 g/mol. The van der Waals surface area contributed by atoms with Crippen LogP contribution < -0.4 is 16.4 Å². The molecule has 0 aliphatic carbocycles.